The molecule has 3 rings (SSSR count). The summed E-state index contributed by atoms with van der Waals surface area (Å²) < 4.78 is 28.5. The molecule has 0 saturated heterocycles. The lowest BCUT2D eigenvalue weighted by Gasteiger charge is -2.22. The van der Waals surface area contributed by atoms with Gasteiger partial charge in [0.1, 0.15) is 22.3 Å². The van der Waals surface area contributed by atoms with Gasteiger partial charge in [-0.1, -0.05) is 45.2 Å². The maximum absolute atomic E-state index is 11.3. The highest BCUT2D eigenvalue weighted by Crippen LogP contribution is 2.50. The highest BCUT2D eigenvalue weighted by atomic mass is 28.3. The quantitative estimate of drug-likeness (QED) is 0.401. The molecule has 1 heterocycles. The first kappa shape index (κ1) is 27.5. The molecule has 0 fully saturated rings. The SMILES string of the molecule is COc1cc(CC#C[Si](C)(C)C)c(-c2cc3c(cc2[C@H](O)C#C[Si](C)(C)C)OCO3)c(OC)c1OC. The Balaban J connectivity index is 2.35. The maximum Gasteiger partial charge on any atom is 0.231 e. The molecule has 36 heavy (non-hydrogen) atoms. The third-order valence-electron chi connectivity index (χ3n) is 5.35. The summed E-state index contributed by atoms with van der Waals surface area (Å²) in [5, 5.41) is 11.3. The summed E-state index contributed by atoms with van der Waals surface area (Å²) in [5.74, 6) is 9.08. The van der Waals surface area contributed by atoms with E-state index in [2.05, 4.69) is 62.2 Å². The van der Waals surface area contributed by atoms with Crippen LogP contribution in [0.15, 0.2) is 18.2 Å². The number of ether oxygens (including phenoxy) is 5. The van der Waals surface area contributed by atoms with Crippen molar-refractivity contribution in [2.24, 2.45) is 0 Å². The molecule has 6 nitrogen and oxygen atoms in total. The Bertz CT molecular complexity index is 1250. The van der Waals surface area contributed by atoms with E-state index in [0.717, 1.165) is 16.7 Å². The van der Waals surface area contributed by atoms with Gasteiger partial charge in [0.15, 0.2) is 23.0 Å². The number of fused-ring (bicyclic) bond motifs is 1. The molecule has 1 N–H and O–H groups in total. The van der Waals surface area contributed by atoms with Crippen LogP contribution in [0.3, 0.4) is 0 Å². The standard InChI is InChI=1S/C28H36O6Si2/c1-30-25-15-19(11-10-13-35(4,5)6)26(28(32-3)27(25)31-2)21-17-24-23(33-18-34-24)16-20(21)22(29)12-14-36(7,8)9/h15-17,22,29H,11,18H2,1-9H3/t22-/m1/s1. The molecule has 1 atom stereocenters. The van der Waals surface area contributed by atoms with Gasteiger partial charge in [-0.25, -0.2) is 0 Å². The van der Waals surface area contributed by atoms with Crippen molar-refractivity contribution in [2.75, 3.05) is 28.1 Å². The molecule has 0 amide bonds. The molecular weight excluding hydrogens is 488 g/mol. The minimum absolute atomic E-state index is 0.118. The van der Waals surface area contributed by atoms with Gasteiger partial charge in [-0.15, -0.1) is 17.0 Å². The van der Waals surface area contributed by atoms with E-state index < -0.39 is 22.3 Å². The Morgan fingerprint density at radius 3 is 2.03 bits per heavy atom. The molecule has 8 heteroatoms. The minimum Gasteiger partial charge on any atom is -0.493 e. The van der Waals surface area contributed by atoms with Gasteiger partial charge >= 0.3 is 0 Å². The van der Waals surface area contributed by atoms with Crippen molar-refractivity contribution >= 4 is 16.1 Å². The first-order valence-corrected chi connectivity index (χ1v) is 18.8. The van der Waals surface area contributed by atoms with E-state index in [4.69, 9.17) is 23.7 Å². The average molecular weight is 525 g/mol. The zero-order valence-electron chi connectivity index (χ0n) is 22.7. The van der Waals surface area contributed by atoms with Gasteiger partial charge in [-0.2, -0.15) is 0 Å². The van der Waals surface area contributed by atoms with Crippen LogP contribution in [0.2, 0.25) is 39.3 Å². The van der Waals surface area contributed by atoms with Crippen molar-refractivity contribution < 1.29 is 28.8 Å². The predicted octanol–water partition coefficient (Wildman–Crippen LogP) is 5.45. The molecule has 2 aromatic rings. The van der Waals surface area contributed by atoms with Crippen molar-refractivity contribution in [3.05, 3.63) is 29.3 Å². The topological polar surface area (TPSA) is 66.4 Å². The number of hydrogen-bond acceptors (Lipinski definition) is 6. The zero-order chi connectivity index (χ0) is 26.7. The lowest BCUT2D eigenvalue weighted by Crippen LogP contribution is -2.17. The molecule has 0 spiro atoms. The molecule has 2 aromatic carbocycles. The molecule has 1 aliphatic heterocycles. The summed E-state index contributed by atoms with van der Waals surface area (Å²) in [6.07, 6.45) is -0.555. The number of methoxy groups -OCH3 is 3. The summed E-state index contributed by atoms with van der Waals surface area (Å²) >= 11 is 0. The van der Waals surface area contributed by atoms with Crippen LogP contribution in [0.4, 0.5) is 0 Å². The van der Waals surface area contributed by atoms with Crippen molar-refractivity contribution in [3.8, 4) is 62.8 Å². The fourth-order valence-electron chi connectivity index (χ4n) is 3.81. The highest BCUT2D eigenvalue weighted by Gasteiger charge is 2.28. The van der Waals surface area contributed by atoms with Crippen LogP contribution in [0, 0.1) is 22.9 Å². The smallest absolute Gasteiger partial charge is 0.231 e. The predicted molar refractivity (Wildman–Crippen MR) is 149 cm³/mol. The van der Waals surface area contributed by atoms with Gasteiger partial charge in [0.2, 0.25) is 12.5 Å². The minimum atomic E-state index is -1.71. The monoisotopic (exact) mass is 524 g/mol. The molecule has 192 valence electrons. The Hall–Kier alpha value is -3.05. The summed E-state index contributed by atoms with van der Waals surface area (Å²) in [6, 6.07) is 5.59. The fourth-order valence-corrected chi connectivity index (χ4v) is 5.00. The van der Waals surface area contributed by atoms with Gasteiger partial charge in [0.25, 0.3) is 0 Å². The number of rotatable bonds is 6. The Morgan fingerprint density at radius 2 is 1.47 bits per heavy atom. The summed E-state index contributed by atoms with van der Waals surface area (Å²) in [5.41, 5.74) is 9.68. The number of aliphatic hydroxyl groups excluding tert-OH is 1. The Labute approximate surface area is 216 Å². The van der Waals surface area contributed by atoms with Crippen molar-refractivity contribution in [1.82, 2.24) is 0 Å². The van der Waals surface area contributed by atoms with Crippen molar-refractivity contribution in [2.45, 2.75) is 51.8 Å². The van der Waals surface area contributed by atoms with E-state index >= 15 is 0 Å². The molecule has 0 aromatic heterocycles. The second-order valence-electron chi connectivity index (χ2n) is 10.6. The molecule has 0 bridgehead atoms. The zero-order valence-corrected chi connectivity index (χ0v) is 24.7. The van der Waals surface area contributed by atoms with Crippen LogP contribution in [0.25, 0.3) is 11.1 Å². The first-order valence-electron chi connectivity index (χ1n) is 11.8. The molecule has 0 radical (unpaired) electrons. The van der Waals surface area contributed by atoms with Crippen LogP contribution in [0.1, 0.15) is 17.2 Å². The molecule has 0 saturated carbocycles. The van der Waals surface area contributed by atoms with E-state index in [1.807, 2.05) is 12.1 Å². The Kier molecular flexibility index (Phi) is 8.35. The third kappa shape index (κ3) is 6.38. The van der Waals surface area contributed by atoms with Gasteiger partial charge in [-0.3, -0.25) is 0 Å². The van der Waals surface area contributed by atoms with Gasteiger partial charge in [0, 0.05) is 17.5 Å². The summed E-state index contributed by atoms with van der Waals surface area (Å²) in [4.78, 5) is 0. The van der Waals surface area contributed by atoms with Crippen molar-refractivity contribution in [3.63, 3.8) is 0 Å². The molecular formula is C28H36O6Si2. The van der Waals surface area contributed by atoms with E-state index in [0.29, 0.717) is 40.7 Å². The maximum atomic E-state index is 11.3. The van der Waals surface area contributed by atoms with Gasteiger partial charge < -0.3 is 28.8 Å². The van der Waals surface area contributed by atoms with E-state index in [1.54, 1.807) is 27.4 Å². The van der Waals surface area contributed by atoms with Crippen LogP contribution in [-0.4, -0.2) is 49.4 Å². The summed E-state index contributed by atoms with van der Waals surface area (Å²) in [7, 11) is 1.46. The molecule has 1 aliphatic rings. The first-order chi connectivity index (χ1) is 16.9. The average Bonchev–Trinajstić information content (AvgIpc) is 3.27. The van der Waals surface area contributed by atoms with E-state index in [-0.39, 0.29) is 6.79 Å². The molecule has 0 aliphatic carbocycles. The van der Waals surface area contributed by atoms with Crippen LogP contribution >= 0.6 is 0 Å². The van der Waals surface area contributed by atoms with Crippen LogP contribution < -0.4 is 23.7 Å². The van der Waals surface area contributed by atoms with Crippen LogP contribution in [0.5, 0.6) is 28.7 Å². The lowest BCUT2D eigenvalue weighted by molar-refractivity contribution is 0.173. The van der Waals surface area contributed by atoms with E-state index in [1.165, 1.54) is 0 Å². The summed E-state index contributed by atoms with van der Waals surface area (Å²) in [6.45, 7) is 13.2. The fraction of sp³-hybridized carbons (Fsp3) is 0.429. The number of aliphatic hydroxyl groups is 1. The largest absolute Gasteiger partial charge is 0.493 e. The third-order valence-corrected chi connectivity index (χ3v) is 7.17. The van der Waals surface area contributed by atoms with Crippen molar-refractivity contribution in [1.29, 1.82) is 0 Å². The Morgan fingerprint density at radius 1 is 0.861 bits per heavy atom. The number of hydrogen-bond donors (Lipinski definition) is 1. The van der Waals surface area contributed by atoms with Gasteiger partial charge in [-0.05, 0) is 29.3 Å². The second-order valence-corrected chi connectivity index (χ2v) is 20.1. The normalized spacial score (nSPS) is 13.2. The number of benzene rings is 2. The van der Waals surface area contributed by atoms with Crippen LogP contribution in [-0.2, 0) is 6.42 Å². The lowest BCUT2D eigenvalue weighted by atomic mass is 9.90. The second kappa shape index (κ2) is 10.9. The molecule has 0 unspecified atom stereocenters. The highest BCUT2D eigenvalue weighted by molar-refractivity contribution is 6.84. The van der Waals surface area contributed by atoms with Gasteiger partial charge in [0.05, 0.1) is 21.3 Å². The van der Waals surface area contributed by atoms with E-state index in [9.17, 15) is 5.11 Å².